The molecule has 0 radical (unpaired) electrons. The average Bonchev–Trinajstić information content (AvgIpc) is 2.87. The molecule has 1 saturated carbocycles. The molecule has 17 heavy (non-hydrogen) atoms. The third-order valence-electron chi connectivity index (χ3n) is 3.97. The Morgan fingerprint density at radius 2 is 2.06 bits per heavy atom. The molecule has 1 aromatic rings. The van der Waals surface area contributed by atoms with Crippen LogP contribution in [-0.2, 0) is 0 Å². The van der Waals surface area contributed by atoms with Gasteiger partial charge in [-0.15, -0.1) is 0 Å². The minimum absolute atomic E-state index is 0.121. The summed E-state index contributed by atoms with van der Waals surface area (Å²) in [6, 6.07) is -0.121. The lowest BCUT2D eigenvalue weighted by Crippen LogP contribution is -2.19. The second-order valence-corrected chi connectivity index (χ2v) is 5.24. The molecular weight excluding hydrogens is 214 g/mol. The van der Waals surface area contributed by atoms with Crippen LogP contribution in [-0.4, -0.2) is 10.1 Å². The largest absolute Gasteiger partial charge is 0.338 e. The molecule has 0 amide bonds. The molecule has 2 atom stereocenters. The monoisotopic (exact) mass is 237 g/mol. The number of aromatic nitrogens is 2. The first kappa shape index (κ1) is 12.6. The third kappa shape index (κ3) is 2.86. The third-order valence-corrected chi connectivity index (χ3v) is 3.97. The topological polar surface area (TPSA) is 64.9 Å². The van der Waals surface area contributed by atoms with E-state index in [1.165, 1.54) is 32.1 Å². The van der Waals surface area contributed by atoms with Crippen molar-refractivity contribution in [3.8, 4) is 0 Å². The molecule has 2 N–H and O–H groups in total. The van der Waals surface area contributed by atoms with Crippen molar-refractivity contribution < 1.29 is 4.52 Å². The summed E-state index contributed by atoms with van der Waals surface area (Å²) in [6.07, 6.45) is 7.32. The van der Waals surface area contributed by atoms with Crippen LogP contribution in [0.25, 0.3) is 0 Å². The molecule has 4 nitrogen and oxygen atoms in total. The van der Waals surface area contributed by atoms with Gasteiger partial charge in [0.05, 0.1) is 6.04 Å². The summed E-state index contributed by atoms with van der Waals surface area (Å²) in [7, 11) is 0. The molecule has 0 aromatic carbocycles. The maximum atomic E-state index is 6.10. The lowest BCUT2D eigenvalue weighted by atomic mass is 9.89. The van der Waals surface area contributed by atoms with E-state index in [0.29, 0.717) is 17.7 Å². The lowest BCUT2D eigenvalue weighted by molar-refractivity contribution is 0.307. The Hall–Kier alpha value is -0.900. The van der Waals surface area contributed by atoms with Gasteiger partial charge >= 0.3 is 0 Å². The van der Waals surface area contributed by atoms with Gasteiger partial charge in [-0.25, -0.2) is 0 Å². The van der Waals surface area contributed by atoms with Gasteiger partial charge in [0.25, 0.3) is 0 Å². The first-order chi connectivity index (χ1) is 8.22. The highest BCUT2D eigenvalue weighted by atomic mass is 16.5. The summed E-state index contributed by atoms with van der Waals surface area (Å²) >= 11 is 0. The van der Waals surface area contributed by atoms with Crippen LogP contribution < -0.4 is 5.73 Å². The van der Waals surface area contributed by atoms with Crippen molar-refractivity contribution >= 4 is 0 Å². The van der Waals surface area contributed by atoms with Crippen LogP contribution in [0.3, 0.4) is 0 Å². The molecule has 0 saturated heterocycles. The van der Waals surface area contributed by atoms with Gasteiger partial charge < -0.3 is 10.3 Å². The quantitative estimate of drug-likeness (QED) is 0.873. The number of nitrogens with two attached hydrogens (primary N) is 1. The molecule has 1 unspecified atom stereocenters. The molecular formula is C13H23N3O. The zero-order chi connectivity index (χ0) is 12.3. The Balaban J connectivity index is 2.04. The Morgan fingerprint density at radius 1 is 1.35 bits per heavy atom. The molecule has 96 valence electrons. The SMILES string of the molecule is CCC(C)[C@H](N)c1nc(C2CCCCC2)no1. The van der Waals surface area contributed by atoms with Crippen LogP contribution in [0.2, 0.25) is 0 Å². The number of rotatable bonds is 4. The fourth-order valence-electron chi connectivity index (χ4n) is 2.41. The molecule has 0 bridgehead atoms. The van der Waals surface area contributed by atoms with Crippen LogP contribution in [0.1, 0.15) is 76.0 Å². The van der Waals surface area contributed by atoms with Crippen LogP contribution >= 0.6 is 0 Å². The minimum atomic E-state index is -0.121. The van der Waals surface area contributed by atoms with Crippen molar-refractivity contribution in [3.63, 3.8) is 0 Å². The first-order valence-electron chi connectivity index (χ1n) is 6.81. The van der Waals surface area contributed by atoms with Gasteiger partial charge in [-0.05, 0) is 18.8 Å². The number of nitrogens with zero attached hydrogens (tertiary/aromatic N) is 2. The Bertz CT molecular complexity index is 328. The van der Waals surface area contributed by atoms with Crippen molar-refractivity contribution in [2.45, 2.75) is 64.3 Å². The first-order valence-corrected chi connectivity index (χ1v) is 6.81. The van der Waals surface area contributed by atoms with E-state index in [1.807, 2.05) is 0 Å². The highest BCUT2D eigenvalue weighted by molar-refractivity contribution is 4.99. The van der Waals surface area contributed by atoms with E-state index in [2.05, 4.69) is 24.0 Å². The van der Waals surface area contributed by atoms with E-state index in [9.17, 15) is 0 Å². The van der Waals surface area contributed by atoms with Crippen LogP contribution in [0.5, 0.6) is 0 Å². The van der Waals surface area contributed by atoms with E-state index in [1.54, 1.807) is 0 Å². The second kappa shape index (κ2) is 5.63. The maximum absolute atomic E-state index is 6.10. The fraction of sp³-hybridized carbons (Fsp3) is 0.846. The standard InChI is InChI=1S/C13H23N3O/c1-3-9(2)11(14)13-15-12(16-17-13)10-7-5-4-6-8-10/h9-11H,3-8,14H2,1-2H3/t9?,11-/m0/s1. The van der Waals surface area contributed by atoms with Crippen molar-refractivity contribution in [3.05, 3.63) is 11.7 Å². The summed E-state index contributed by atoms with van der Waals surface area (Å²) in [6.45, 7) is 4.25. The summed E-state index contributed by atoms with van der Waals surface area (Å²) in [5, 5.41) is 4.11. The molecule has 0 spiro atoms. The Morgan fingerprint density at radius 3 is 2.71 bits per heavy atom. The molecule has 4 heteroatoms. The van der Waals surface area contributed by atoms with Crippen LogP contribution in [0.15, 0.2) is 4.52 Å². The van der Waals surface area contributed by atoms with Gasteiger partial charge in [0.15, 0.2) is 5.82 Å². The molecule has 1 fully saturated rings. The highest BCUT2D eigenvalue weighted by Crippen LogP contribution is 2.31. The van der Waals surface area contributed by atoms with Crippen molar-refractivity contribution in [2.24, 2.45) is 11.7 Å². The maximum Gasteiger partial charge on any atom is 0.243 e. The van der Waals surface area contributed by atoms with Crippen molar-refractivity contribution in [1.82, 2.24) is 10.1 Å². The van der Waals surface area contributed by atoms with Gasteiger partial charge in [0, 0.05) is 5.92 Å². The van der Waals surface area contributed by atoms with E-state index >= 15 is 0 Å². The molecule has 2 rings (SSSR count). The smallest absolute Gasteiger partial charge is 0.243 e. The number of hydrogen-bond donors (Lipinski definition) is 1. The fourth-order valence-corrected chi connectivity index (χ4v) is 2.41. The molecule has 1 aliphatic carbocycles. The van der Waals surface area contributed by atoms with Crippen molar-refractivity contribution in [1.29, 1.82) is 0 Å². The normalized spacial score (nSPS) is 21.4. The summed E-state index contributed by atoms with van der Waals surface area (Å²) in [5.41, 5.74) is 6.10. The van der Waals surface area contributed by atoms with E-state index in [4.69, 9.17) is 10.3 Å². The average molecular weight is 237 g/mol. The van der Waals surface area contributed by atoms with Gasteiger partial charge in [-0.2, -0.15) is 4.98 Å². The predicted molar refractivity (Wildman–Crippen MR) is 66.5 cm³/mol. The number of hydrogen-bond acceptors (Lipinski definition) is 4. The minimum Gasteiger partial charge on any atom is -0.338 e. The van der Waals surface area contributed by atoms with E-state index in [0.717, 1.165) is 12.2 Å². The Labute approximate surface area is 103 Å². The molecule has 1 aromatic heterocycles. The molecule has 0 aliphatic heterocycles. The lowest BCUT2D eigenvalue weighted by Gasteiger charge is -2.17. The zero-order valence-corrected chi connectivity index (χ0v) is 10.9. The Kier molecular flexibility index (Phi) is 4.15. The van der Waals surface area contributed by atoms with E-state index < -0.39 is 0 Å². The molecule has 1 heterocycles. The summed E-state index contributed by atoms with van der Waals surface area (Å²) in [5.74, 6) is 2.36. The van der Waals surface area contributed by atoms with Gasteiger partial charge in [-0.1, -0.05) is 44.7 Å². The van der Waals surface area contributed by atoms with Gasteiger partial charge in [0.2, 0.25) is 5.89 Å². The van der Waals surface area contributed by atoms with E-state index in [-0.39, 0.29) is 6.04 Å². The van der Waals surface area contributed by atoms with Crippen LogP contribution in [0, 0.1) is 5.92 Å². The molecule has 1 aliphatic rings. The predicted octanol–water partition coefficient (Wildman–Crippen LogP) is 3.16. The second-order valence-electron chi connectivity index (χ2n) is 5.24. The highest BCUT2D eigenvalue weighted by Gasteiger charge is 2.24. The summed E-state index contributed by atoms with van der Waals surface area (Å²) in [4.78, 5) is 4.50. The van der Waals surface area contributed by atoms with Crippen molar-refractivity contribution in [2.75, 3.05) is 0 Å². The van der Waals surface area contributed by atoms with Gasteiger partial charge in [0.1, 0.15) is 0 Å². The summed E-state index contributed by atoms with van der Waals surface area (Å²) < 4.78 is 5.32. The zero-order valence-electron chi connectivity index (χ0n) is 10.9. The van der Waals surface area contributed by atoms with Crippen LogP contribution in [0.4, 0.5) is 0 Å². The van der Waals surface area contributed by atoms with Gasteiger partial charge in [-0.3, -0.25) is 0 Å².